The third-order valence-corrected chi connectivity index (χ3v) is 3.47. The molecule has 0 radical (unpaired) electrons. The Bertz CT molecular complexity index is 276. The molecule has 0 unspecified atom stereocenters. The second-order valence-electron chi connectivity index (χ2n) is 2.76. The van der Waals surface area contributed by atoms with E-state index in [1.165, 1.54) is 4.90 Å². The van der Waals surface area contributed by atoms with Crippen LogP contribution in [0.15, 0.2) is 27.6 Å². The number of hydrogen-bond donors (Lipinski definition) is 1. The molecule has 0 aliphatic carbocycles. The lowest BCUT2D eigenvalue weighted by Gasteiger charge is -2.06. The summed E-state index contributed by atoms with van der Waals surface area (Å²) in [5.41, 5.74) is 1.01. The highest BCUT2D eigenvalue weighted by Gasteiger charge is 2.01. The zero-order valence-corrected chi connectivity index (χ0v) is 9.99. The van der Waals surface area contributed by atoms with Gasteiger partial charge < -0.3 is 5.11 Å². The van der Waals surface area contributed by atoms with Crippen molar-refractivity contribution in [3.8, 4) is 0 Å². The van der Waals surface area contributed by atoms with Gasteiger partial charge in [-0.15, -0.1) is 11.8 Å². The lowest BCUT2D eigenvalue weighted by atomic mass is 10.2. The van der Waals surface area contributed by atoms with E-state index in [4.69, 9.17) is 5.11 Å². The number of rotatable bonds is 4. The van der Waals surface area contributed by atoms with Crippen LogP contribution in [0.5, 0.6) is 0 Å². The molecule has 0 heterocycles. The fourth-order valence-corrected chi connectivity index (χ4v) is 2.33. The van der Waals surface area contributed by atoms with Gasteiger partial charge in [0.2, 0.25) is 0 Å². The maximum atomic E-state index is 9.11. The first-order valence-corrected chi connectivity index (χ1v) is 6.08. The summed E-state index contributed by atoms with van der Waals surface area (Å²) in [6.45, 7) is 2.27. The number of halogens is 1. The maximum absolute atomic E-state index is 9.11. The van der Waals surface area contributed by atoms with E-state index >= 15 is 0 Å². The molecule has 0 aliphatic rings. The van der Waals surface area contributed by atoms with Crippen LogP contribution in [0.4, 0.5) is 0 Å². The quantitative estimate of drug-likeness (QED) is 0.838. The van der Waals surface area contributed by atoms with Gasteiger partial charge in [-0.1, -0.05) is 22.9 Å². The topological polar surface area (TPSA) is 20.2 Å². The SMILES string of the molecule is CCCSc1ccc(Br)cc1CO. The second kappa shape index (κ2) is 5.68. The molecule has 1 N–H and O–H groups in total. The Morgan fingerprint density at radius 1 is 1.46 bits per heavy atom. The van der Waals surface area contributed by atoms with Gasteiger partial charge in [-0.05, 0) is 35.9 Å². The largest absolute Gasteiger partial charge is 0.392 e. The van der Waals surface area contributed by atoms with Gasteiger partial charge in [-0.2, -0.15) is 0 Å². The van der Waals surface area contributed by atoms with E-state index in [-0.39, 0.29) is 6.61 Å². The Labute approximate surface area is 91.7 Å². The molecule has 0 atom stereocenters. The van der Waals surface area contributed by atoms with Gasteiger partial charge in [0.1, 0.15) is 0 Å². The minimum atomic E-state index is 0.117. The van der Waals surface area contributed by atoms with Crippen LogP contribution >= 0.6 is 27.7 Å². The molecule has 1 rings (SSSR count). The van der Waals surface area contributed by atoms with Crippen LogP contribution in [0.25, 0.3) is 0 Å². The minimum absolute atomic E-state index is 0.117. The van der Waals surface area contributed by atoms with E-state index in [1.54, 1.807) is 11.8 Å². The molecule has 3 heteroatoms. The average molecular weight is 261 g/mol. The molecule has 13 heavy (non-hydrogen) atoms. The van der Waals surface area contributed by atoms with Crippen molar-refractivity contribution in [1.82, 2.24) is 0 Å². The molecule has 1 aromatic carbocycles. The molecule has 1 aromatic rings. The predicted octanol–water partition coefficient (Wildman–Crippen LogP) is 3.44. The third kappa shape index (κ3) is 3.33. The molecular formula is C10H13BrOS. The van der Waals surface area contributed by atoms with Gasteiger partial charge in [-0.3, -0.25) is 0 Å². The van der Waals surface area contributed by atoms with E-state index in [0.29, 0.717) is 0 Å². The monoisotopic (exact) mass is 260 g/mol. The van der Waals surface area contributed by atoms with E-state index < -0.39 is 0 Å². The minimum Gasteiger partial charge on any atom is -0.392 e. The van der Waals surface area contributed by atoms with Crippen LogP contribution in [-0.4, -0.2) is 10.9 Å². The molecule has 0 fully saturated rings. The summed E-state index contributed by atoms with van der Waals surface area (Å²) >= 11 is 5.18. The molecule has 0 saturated heterocycles. The molecular weight excluding hydrogens is 248 g/mol. The van der Waals surface area contributed by atoms with Gasteiger partial charge >= 0.3 is 0 Å². The molecule has 0 aliphatic heterocycles. The Morgan fingerprint density at radius 3 is 2.85 bits per heavy atom. The molecule has 0 bridgehead atoms. The van der Waals surface area contributed by atoms with Crippen molar-refractivity contribution in [1.29, 1.82) is 0 Å². The number of aliphatic hydroxyl groups excluding tert-OH is 1. The van der Waals surface area contributed by atoms with Gasteiger partial charge in [0.05, 0.1) is 6.61 Å². The van der Waals surface area contributed by atoms with Crippen molar-refractivity contribution in [3.05, 3.63) is 28.2 Å². The number of benzene rings is 1. The van der Waals surface area contributed by atoms with Crippen molar-refractivity contribution in [2.24, 2.45) is 0 Å². The molecule has 0 aromatic heterocycles. The lowest BCUT2D eigenvalue weighted by Crippen LogP contribution is -1.88. The highest BCUT2D eigenvalue weighted by molar-refractivity contribution is 9.10. The highest BCUT2D eigenvalue weighted by atomic mass is 79.9. The summed E-state index contributed by atoms with van der Waals surface area (Å²) in [5.74, 6) is 1.11. The van der Waals surface area contributed by atoms with Crippen LogP contribution < -0.4 is 0 Å². The van der Waals surface area contributed by atoms with Crippen LogP contribution in [0.2, 0.25) is 0 Å². The Balaban J connectivity index is 2.79. The highest BCUT2D eigenvalue weighted by Crippen LogP contribution is 2.26. The predicted molar refractivity (Wildman–Crippen MR) is 61.1 cm³/mol. The van der Waals surface area contributed by atoms with Crippen molar-refractivity contribution in [3.63, 3.8) is 0 Å². The molecule has 0 spiro atoms. The fraction of sp³-hybridized carbons (Fsp3) is 0.400. The Kier molecular flexibility index (Phi) is 4.84. The first-order valence-electron chi connectivity index (χ1n) is 4.30. The average Bonchev–Trinajstić information content (AvgIpc) is 2.16. The number of hydrogen-bond acceptors (Lipinski definition) is 2. The van der Waals surface area contributed by atoms with Gasteiger partial charge in [0, 0.05) is 9.37 Å². The second-order valence-corrected chi connectivity index (χ2v) is 4.81. The maximum Gasteiger partial charge on any atom is 0.0693 e. The Hall–Kier alpha value is 0.01000. The summed E-state index contributed by atoms with van der Waals surface area (Å²) in [4.78, 5) is 1.19. The van der Waals surface area contributed by atoms with Gasteiger partial charge in [0.25, 0.3) is 0 Å². The van der Waals surface area contributed by atoms with Crippen LogP contribution in [0, 0.1) is 0 Å². The third-order valence-electron chi connectivity index (χ3n) is 1.65. The van der Waals surface area contributed by atoms with E-state index in [1.807, 2.05) is 12.1 Å². The summed E-state index contributed by atoms with van der Waals surface area (Å²) in [7, 11) is 0. The zero-order valence-electron chi connectivity index (χ0n) is 7.59. The summed E-state index contributed by atoms with van der Waals surface area (Å²) in [5, 5.41) is 9.11. The Morgan fingerprint density at radius 2 is 2.23 bits per heavy atom. The first-order chi connectivity index (χ1) is 6.27. The summed E-state index contributed by atoms with van der Waals surface area (Å²) in [6.07, 6.45) is 1.16. The van der Waals surface area contributed by atoms with Crippen molar-refractivity contribution in [2.45, 2.75) is 24.8 Å². The zero-order chi connectivity index (χ0) is 9.68. The van der Waals surface area contributed by atoms with Crippen molar-refractivity contribution >= 4 is 27.7 Å². The van der Waals surface area contributed by atoms with Crippen molar-refractivity contribution < 1.29 is 5.11 Å². The van der Waals surface area contributed by atoms with Crippen molar-refractivity contribution in [2.75, 3.05) is 5.75 Å². The first kappa shape index (κ1) is 11.1. The number of aliphatic hydroxyl groups is 1. The van der Waals surface area contributed by atoms with E-state index in [9.17, 15) is 0 Å². The molecule has 72 valence electrons. The molecule has 0 amide bonds. The summed E-state index contributed by atoms with van der Waals surface area (Å²) < 4.78 is 1.03. The molecule has 0 saturated carbocycles. The standard InChI is InChI=1S/C10H13BrOS/c1-2-5-13-10-4-3-9(11)6-8(10)7-12/h3-4,6,12H,2,5,7H2,1H3. The van der Waals surface area contributed by atoms with Crippen LogP contribution in [-0.2, 0) is 6.61 Å². The normalized spacial score (nSPS) is 10.4. The van der Waals surface area contributed by atoms with E-state index in [2.05, 4.69) is 28.9 Å². The fourth-order valence-electron chi connectivity index (χ4n) is 1.02. The van der Waals surface area contributed by atoms with E-state index in [0.717, 1.165) is 22.2 Å². The van der Waals surface area contributed by atoms with Gasteiger partial charge in [0.15, 0.2) is 0 Å². The summed E-state index contributed by atoms with van der Waals surface area (Å²) in [6, 6.07) is 6.03. The van der Waals surface area contributed by atoms with Crippen LogP contribution in [0.3, 0.4) is 0 Å². The lowest BCUT2D eigenvalue weighted by molar-refractivity contribution is 0.279. The molecule has 1 nitrogen and oxygen atoms in total. The van der Waals surface area contributed by atoms with Gasteiger partial charge in [-0.25, -0.2) is 0 Å². The smallest absolute Gasteiger partial charge is 0.0693 e. The van der Waals surface area contributed by atoms with Crippen LogP contribution in [0.1, 0.15) is 18.9 Å². The number of thioether (sulfide) groups is 1.